The third-order valence-corrected chi connectivity index (χ3v) is 18.5. The van der Waals surface area contributed by atoms with Gasteiger partial charge < -0.3 is 34.0 Å². The van der Waals surface area contributed by atoms with Gasteiger partial charge in [0.15, 0.2) is 0 Å². The first-order valence-electron chi connectivity index (χ1n) is 23.3. The first-order valence-corrected chi connectivity index (χ1v) is 25.7. The predicted octanol–water partition coefficient (Wildman–Crippen LogP) is 7.94. The molecule has 2 unspecified atom stereocenters. The zero-order chi connectivity index (χ0) is 46.5. The molecule has 0 spiro atoms. The molecule has 4 saturated heterocycles. The van der Waals surface area contributed by atoms with Crippen molar-refractivity contribution in [2.75, 3.05) is 51.9 Å². The number of carbonyl (C=O) groups is 4. The van der Waals surface area contributed by atoms with Crippen molar-refractivity contribution < 1.29 is 37.7 Å². The van der Waals surface area contributed by atoms with Crippen LogP contribution in [0.3, 0.4) is 0 Å². The van der Waals surface area contributed by atoms with Crippen LogP contribution < -0.4 is 14.7 Å². The number of esters is 1. The number of thiophene rings is 1. The first kappa shape index (κ1) is 46.0. The van der Waals surface area contributed by atoms with E-state index in [-0.39, 0.29) is 47.0 Å². The largest absolute Gasteiger partial charge is 0.465 e. The normalized spacial score (nSPS) is 26.2. The Morgan fingerprint density at radius 3 is 2.59 bits per heavy atom. The highest BCUT2D eigenvalue weighted by Crippen LogP contribution is 2.62. The van der Waals surface area contributed by atoms with Gasteiger partial charge in [0, 0.05) is 67.0 Å². The number of benzene rings is 2. The van der Waals surface area contributed by atoms with Crippen LogP contribution in [0.4, 0.5) is 5.69 Å². The number of carbonyl (C=O) groups excluding carboxylic acids is 4. The molecule has 6 heterocycles. The molecular weight excluding hydrogens is 876 g/mol. The molecule has 1 saturated carbocycles. The fourth-order valence-electron chi connectivity index (χ4n) is 10.5. The highest BCUT2D eigenvalue weighted by molar-refractivity contribution is 7.67. The second kappa shape index (κ2) is 18.5. The van der Waals surface area contributed by atoms with Crippen molar-refractivity contribution in [3.8, 4) is 5.75 Å². The van der Waals surface area contributed by atoms with Crippen molar-refractivity contribution >= 4 is 63.6 Å². The quantitative estimate of drug-likeness (QED) is 0.0862. The van der Waals surface area contributed by atoms with E-state index in [1.54, 1.807) is 57.5 Å². The van der Waals surface area contributed by atoms with Crippen molar-refractivity contribution in [1.82, 2.24) is 24.8 Å². The summed E-state index contributed by atoms with van der Waals surface area (Å²) in [5.74, 6) is -0.263. The van der Waals surface area contributed by atoms with E-state index >= 15 is 4.57 Å². The number of fused-ring (bicyclic) bond motifs is 3. The van der Waals surface area contributed by atoms with Crippen LogP contribution in [0.15, 0.2) is 79.6 Å². The minimum Gasteiger partial charge on any atom is -0.465 e. The van der Waals surface area contributed by atoms with Crippen LogP contribution in [0, 0.1) is 11.3 Å². The van der Waals surface area contributed by atoms with Gasteiger partial charge >= 0.3 is 13.5 Å². The Bertz CT molecular complexity index is 2570. The van der Waals surface area contributed by atoms with Gasteiger partial charge in [-0.05, 0) is 118 Å². The average Bonchev–Trinajstić information content (AvgIpc) is 3.56. The minimum absolute atomic E-state index is 0.0189. The number of nitrogens with zero attached hydrogens (tertiary/aromatic N) is 5. The second-order valence-electron chi connectivity index (χ2n) is 19.1. The lowest BCUT2D eigenvalue weighted by atomic mass is 9.88. The number of pyridine rings is 1. The maximum absolute atomic E-state index is 15.0. The number of likely N-dealkylation sites (tertiary alicyclic amines) is 1. The highest BCUT2D eigenvalue weighted by Gasteiger charge is 2.58. The van der Waals surface area contributed by atoms with Gasteiger partial charge in [-0.3, -0.25) is 28.7 Å². The van der Waals surface area contributed by atoms with Crippen molar-refractivity contribution in [2.45, 2.75) is 102 Å². The summed E-state index contributed by atoms with van der Waals surface area (Å²) in [5, 5.41) is 4.03. The maximum Gasteiger partial charge on any atom is 0.350 e. The summed E-state index contributed by atoms with van der Waals surface area (Å²) in [4.78, 5) is 67.3. The molecule has 1 aliphatic carbocycles. The third kappa shape index (κ3) is 8.68. The molecule has 2 aromatic heterocycles. The molecule has 5 fully saturated rings. The summed E-state index contributed by atoms with van der Waals surface area (Å²) in [5.41, 5.74) is 2.88. The molecule has 4 aliphatic heterocycles. The van der Waals surface area contributed by atoms with Crippen LogP contribution in [0.2, 0.25) is 0 Å². The fraction of sp³-hybridized carbons (Fsp3) is 0.500. The summed E-state index contributed by atoms with van der Waals surface area (Å²) < 4.78 is 34.3. The SMILES string of the molecule is C=C(c1ccc2sc(C(=O)N[C@H]3C[C@@H]4CC4(C)C[C@H]4CC[C@@H](C(=O)N5CC(c6cnccc6N6CC[C@H]6COC)C5)N4C3=O)cc2c1)P(=O)(Oc1ccccc1)N(C)[C@@H](C)C(=O)OCCC. The summed E-state index contributed by atoms with van der Waals surface area (Å²) in [6.45, 7) is 13.1. The van der Waals surface area contributed by atoms with Gasteiger partial charge in [-0.1, -0.05) is 44.7 Å². The number of methoxy groups -OCH3 is 1. The molecule has 0 radical (unpaired) electrons. The summed E-state index contributed by atoms with van der Waals surface area (Å²) in [7, 11) is -0.697. The van der Waals surface area contributed by atoms with E-state index in [1.165, 1.54) is 16.0 Å². The fourth-order valence-corrected chi connectivity index (χ4v) is 13.5. The zero-order valence-electron chi connectivity index (χ0n) is 38.5. The number of nitrogens with one attached hydrogen (secondary N) is 1. The lowest BCUT2D eigenvalue weighted by molar-refractivity contribution is -0.150. The van der Waals surface area contributed by atoms with E-state index < -0.39 is 31.6 Å². The first-order chi connectivity index (χ1) is 31.7. The van der Waals surface area contributed by atoms with Gasteiger partial charge in [0.1, 0.15) is 23.9 Å². The number of rotatable bonds is 16. The molecule has 4 aromatic rings. The number of ether oxygens (including phenoxy) is 2. The van der Waals surface area contributed by atoms with E-state index in [9.17, 15) is 19.2 Å². The lowest BCUT2D eigenvalue weighted by Crippen LogP contribution is -2.60. The standard InChI is InChI=1S/C50H61N6O8PS/c1-7-21-63-49(60)31(2)53(5)65(61,64-39-11-9-8-10-12-39)32(3)33-13-16-44-34(22-33)23-45(66-44)46(57)52-41-24-36-25-50(36,4)26-37-14-15-43(56(37)47(41)58)48(59)54-28-35(29-54)40-27-51-19-17-42(40)55-20-18-38(55)30-62-6/h8-13,16-17,19,22-23,27,31,35-38,41,43H,3,7,14-15,18,20-21,24-26,28-30H2,1-2,4-6H3,(H,52,57)/t31-,36+,37+,38-,41-,43-,50?,65?/m0/s1. The molecule has 8 atom stereocenters. The summed E-state index contributed by atoms with van der Waals surface area (Å²) in [6, 6.07) is 16.1. The van der Waals surface area contributed by atoms with Crippen LogP contribution in [0.25, 0.3) is 15.4 Å². The van der Waals surface area contributed by atoms with Gasteiger partial charge in [-0.25, -0.2) is 4.67 Å². The van der Waals surface area contributed by atoms with Gasteiger partial charge in [0.05, 0.1) is 29.4 Å². The Morgan fingerprint density at radius 1 is 1.08 bits per heavy atom. The molecular formula is C50H61N6O8PS. The van der Waals surface area contributed by atoms with Crippen molar-refractivity contribution in [2.24, 2.45) is 11.3 Å². The molecule has 5 aliphatic rings. The molecule has 1 N–H and O–H groups in total. The predicted molar refractivity (Wildman–Crippen MR) is 256 cm³/mol. The number of hydrogen-bond donors (Lipinski definition) is 1. The molecule has 16 heteroatoms. The van der Waals surface area contributed by atoms with Crippen LogP contribution in [-0.2, 0) is 28.4 Å². The Hall–Kier alpha value is -5.08. The number of anilines is 1. The minimum atomic E-state index is -3.99. The van der Waals surface area contributed by atoms with Gasteiger partial charge in [-0.2, -0.15) is 0 Å². The van der Waals surface area contributed by atoms with Gasteiger partial charge in [0.25, 0.3) is 5.91 Å². The van der Waals surface area contributed by atoms with Crippen LogP contribution in [-0.4, -0.2) is 120 Å². The van der Waals surface area contributed by atoms with E-state index in [0.717, 1.165) is 53.6 Å². The number of para-hydroxylation sites is 1. The third-order valence-electron chi connectivity index (χ3n) is 14.8. The average molecular weight is 937 g/mol. The lowest BCUT2D eigenvalue weighted by Gasteiger charge is -2.47. The Kier molecular flexibility index (Phi) is 12.9. The van der Waals surface area contributed by atoms with E-state index in [1.807, 2.05) is 47.3 Å². The molecule has 3 amide bonds. The molecule has 350 valence electrons. The van der Waals surface area contributed by atoms with Crippen LogP contribution in [0.1, 0.15) is 92.4 Å². The smallest absolute Gasteiger partial charge is 0.350 e. The van der Waals surface area contributed by atoms with Crippen LogP contribution >= 0.6 is 18.9 Å². The number of aromatic nitrogens is 1. The maximum atomic E-state index is 15.0. The highest BCUT2D eigenvalue weighted by atomic mass is 32.1. The Balaban J connectivity index is 0.905. The van der Waals surface area contributed by atoms with Crippen molar-refractivity contribution in [1.29, 1.82) is 0 Å². The molecule has 9 rings (SSSR count). The van der Waals surface area contributed by atoms with Gasteiger partial charge in [-0.15, -0.1) is 11.3 Å². The van der Waals surface area contributed by atoms with Crippen molar-refractivity contribution in [3.05, 3.63) is 95.6 Å². The van der Waals surface area contributed by atoms with E-state index in [2.05, 4.69) is 34.8 Å². The van der Waals surface area contributed by atoms with E-state index in [0.29, 0.717) is 67.1 Å². The van der Waals surface area contributed by atoms with E-state index in [4.69, 9.17) is 14.0 Å². The second-order valence-corrected chi connectivity index (χ2v) is 22.6. The molecule has 2 aromatic carbocycles. The summed E-state index contributed by atoms with van der Waals surface area (Å²) >= 11 is 1.30. The molecule has 66 heavy (non-hydrogen) atoms. The Labute approximate surface area is 391 Å². The Morgan fingerprint density at radius 2 is 1.86 bits per heavy atom. The number of amides is 3. The molecule has 14 nitrogen and oxygen atoms in total. The topological polar surface area (TPSA) is 151 Å². The monoisotopic (exact) mass is 936 g/mol. The van der Waals surface area contributed by atoms with Gasteiger partial charge in [0.2, 0.25) is 11.8 Å². The van der Waals surface area contributed by atoms with Crippen molar-refractivity contribution in [3.63, 3.8) is 0 Å². The number of hydrogen-bond acceptors (Lipinski definition) is 11. The molecule has 0 bridgehead atoms. The zero-order valence-corrected chi connectivity index (χ0v) is 40.2. The summed E-state index contributed by atoms with van der Waals surface area (Å²) in [6.07, 6.45) is 9.21. The number of likely N-dealkylation sites (N-methyl/N-ethyl adjacent to an activating group) is 1. The van der Waals surface area contributed by atoms with Crippen LogP contribution in [0.5, 0.6) is 5.75 Å².